The van der Waals surface area contributed by atoms with E-state index in [-0.39, 0.29) is 30.2 Å². The number of aliphatic hydroxyl groups excluding tert-OH is 2. The molecule has 0 aliphatic heterocycles. The molecule has 0 bridgehead atoms. The Balaban J connectivity index is 1.69. The van der Waals surface area contributed by atoms with Gasteiger partial charge >= 0.3 is 0 Å². The molecule has 1 unspecified atom stereocenters. The van der Waals surface area contributed by atoms with Gasteiger partial charge in [0.25, 0.3) is 0 Å². The van der Waals surface area contributed by atoms with Crippen molar-refractivity contribution < 1.29 is 20.4 Å². The lowest BCUT2D eigenvalue weighted by Crippen LogP contribution is -2.44. The fraction of sp³-hybridized carbons (Fsp3) is 0.400. The number of hydrogen-bond acceptors (Lipinski definition) is 5. The second-order valence-corrected chi connectivity index (χ2v) is 6.82. The van der Waals surface area contributed by atoms with Crippen molar-refractivity contribution in [3.8, 4) is 11.5 Å². The molecule has 134 valence electrons. The van der Waals surface area contributed by atoms with E-state index < -0.39 is 6.10 Å². The highest BCUT2D eigenvalue weighted by Gasteiger charge is 2.30. The van der Waals surface area contributed by atoms with E-state index in [4.69, 9.17) is 0 Å². The Hall–Kier alpha value is -2.08. The minimum absolute atomic E-state index is 0.0734. The van der Waals surface area contributed by atoms with Crippen molar-refractivity contribution in [2.24, 2.45) is 0 Å². The predicted octanol–water partition coefficient (Wildman–Crippen LogP) is 2.16. The van der Waals surface area contributed by atoms with E-state index >= 15 is 0 Å². The maximum Gasteiger partial charge on any atom is 0.121 e. The first-order valence-corrected chi connectivity index (χ1v) is 8.66. The van der Waals surface area contributed by atoms with Gasteiger partial charge in [0.1, 0.15) is 11.5 Å². The molecule has 1 aliphatic carbocycles. The number of nitrogens with one attached hydrogen (secondary N) is 1. The standard InChI is InChI=1S/C20H25NO4/c1-12(10-13-2-4-14(23)5-3-13)21-18-8-6-15-16(20(18)25)7-9-19(24)17(15)11-22/h2-5,7,9,12,18,20-25H,6,8,10-11H2,1H3/t12?,18-,20-/m1/s1. The Labute approximate surface area is 147 Å². The maximum absolute atomic E-state index is 10.7. The number of aromatic hydroxyl groups is 2. The van der Waals surface area contributed by atoms with Gasteiger partial charge in [0.2, 0.25) is 0 Å². The summed E-state index contributed by atoms with van der Waals surface area (Å²) in [6, 6.07) is 10.5. The van der Waals surface area contributed by atoms with Gasteiger partial charge in [0.15, 0.2) is 0 Å². The molecule has 3 atom stereocenters. The highest BCUT2D eigenvalue weighted by Crippen LogP contribution is 2.36. The van der Waals surface area contributed by atoms with E-state index in [9.17, 15) is 20.4 Å². The zero-order valence-corrected chi connectivity index (χ0v) is 14.3. The summed E-state index contributed by atoms with van der Waals surface area (Å²) >= 11 is 0. The van der Waals surface area contributed by atoms with Crippen LogP contribution in [0.5, 0.6) is 11.5 Å². The summed E-state index contributed by atoms with van der Waals surface area (Å²) < 4.78 is 0. The van der Waals surface area contributed by atoms with Crippen molar-refractivity contribution >= 4 is 0 Å². The highest BCUT2D eigenvalue weighted by atomic mass is 16.3. The topological polar surface area (TPSA) is 93.0 Å². The number of rotatable bonds is 5. The van der Waals surface area contributed by atoms with Crippen LogP contribution in [0, 0.1) is 0 Å². The van der Waals surface area contributed by atoms with Crippen molar-refractivity contribution in [3.05, 3.63) is 58.7 Å². The Bertz CT molecular complexity index is 729. The molecule has 0 spiro atoms. The van der Waals surface area contributed by atoms with E-state index in [1.165, 1.54) is 6.07 Å². The number of phenolic OH excluding ortho intramolecular Hbond substituents is 1. The smallest absolute Gasteiger partial charge is 0.121 e. The Morgan fingerprint density at radius 3 is 2.52 bits per heavy atom. The molecule has 0 fully saturated rings. The Kier molecular flexibility index (Phi) is 5.27. The molecule has 0 heterocycles. The van der Waals surface area contributed by atoms with Gasteiger partial charge in [0, 0.05) is 17.6 Å². The number of aliphatic hydroxyl groups is 2. The van der Waals surface area contributed by atoms with Crippen LogP contribution in [0.15, 0.2) is 36.4 Å². The SMILES string of the molecule is CC(Cc1ccc(O)cc1)N[C@@H]1CCc2c(ccc(O)c2CO)[C@H]1O. The summed E-state index contributed by atoms with van der Waals surface area (Å²) in [5.74, 6) is 0.340. The average molecular weight is 343 g/mol. The quantitative estimate of drug-likeness (QED) is 0.574. The van der Waals surface area contributed by atoms with Crippen molar-refractivity contribution in [3.63, 3.8) is 0 Å². The zero-order valence-electron chi connectivity index (χ0n) is 14.3. The number of phenols is 2. The third kappa shape index (κ3) is 3.79. The molecule has 25 heavy (non-hydrogen) atoms. The minimum Gasteiger partial charge on any atom is -0.508 e. The number of fused-ring (bicyclic) bond motifs is 1. The van der Waals surface area contributed by atoms with E-state index in [0.29, 0.717) is 12.0 Å². The molecule has 5 N–H and O–H groups in total. The summed E-state index contributed by atoms with van der Waals surface area (Å²) in [5, 5.41) is 42.9. The molecular weight excluding hydrogens is 318 g/mol. The van der Waals surface area contributed by atoms with Gasteiger partial charge in [-0.2, -0.15) is 0 Å². The molecule has 2 aromatic rings. The minimum atomic E-state index is -0.670. The molecule has 0 amide bonds. The molecule has 5 nitrogen and oxygen atoms in total. The molecule has 0 radical (unpaired) electrons. The predicted molar refractivity (Wildman–Crippen MR) is 95.5 cm³/mol. The van der Waals surface area contributed by atoms with Crippen molar-refractivity contribution in [2.45, 2.75) is 51.0 Å². The molecule has 0 saturated carbocycles. The molecule has 1 aliphatic rings. The third-order valence-electron chi connectivity index (χ3n) is 4.98. The van der Waals surface area contributed by atoms with E-state index in [0.717, 1.165) is 29.5 Å². The molecule has 5 heteroatoms. The normalized spacial score (nSPS) is 20.9. The first kappa shape index (κ1) is 17.7. The van der Waals surface area contributed by atoms with Crippen LogP contribution in [-0.4, -0.2) is 32.5 Å². The van der Waals surface area contributed by atoms with E-state index in [1.807, 2.05) is 12.1 Å². The monoisotopic (exact) mass is 343 g/mol. The van der Waals surface area contributed by atoms with Crippen LogP contribution in [0.4, 0.5) is 0 Å². The molecule has 0 saturated heterocycles. The summed E-state index contributed by atoms with van der Waals surface area (Å²) in [6.45, 7) is 1.85. The molecule has 2 aromatic carbocycles. The first-order valence-electron chi connectivity index (χ1n) is 8.66. The lowest BCUT2D eigenvalue weighted by Gasteiger charge is -2.34. The zero-order chi connectivity index (χ0) is 18.0. The van der Waals surface area contributed by atoms with Gasteiger partial charge in [-0.1, -0.05) is 18.2 Å². The molecule has 0 aromatic heterocycles. The lowest BCUT2D eigenvalue weighted by atomic mass is 9.82. The maximum atomic E-state index is 10.7. The average Bonchev–Trinajstić information content (AvgIpc) is 2.59. The Morgan fingerprint density at radius 1 is 1.12 bits per heavy atom. The summed E-state index contributed by atoms with van der Waals surface area (Å²) in [4.78, 5) is 0. The van der Waals surface area contributed by atoms with E-state index in [1.54, 1.807) is 18.2 Å². The van der Waals surface area contributed by atoms with Gasteiger partial charge < -0.3 is 25.7 Å². The number of hydrogen-bond donors (Lipinski definition) is 5. The third-order valence-corrected chi connectivity index (χ3v) is 4.98. The summed E-state index contributed by atoms with van der Waals surface area (Å²) in [7, 11) is 0. The first-order chi connectivity index (χ1) is 12.0. The molecular formula is C20H25NO4. The van der Waals surface area contributed by atoms with Crippen LogP contribution in [0.3, 0.4) is 0 Å². The van der Waals surface area contributed by atoms with Gasteiger partial charge in [-0.25, -0.2) is 0 Å². The summed E-state index contributed by atoms with van der Waals surface area (Å²) in [6.07, 6.45) is 1.58. The van der Waals surface area contributed by atoms with E-state index in [2.05, 4.69) is 12.2 Å². The van der Waals surface area contributed by atoms with Crippen molar-refractivity contribution in [1.82, 2.24) is 5.32 Å². The van der Waals surface area contributed by atoms with Crippen LogP contribution < -0.4 is 5.32 Å². The second-order valence-electron chi connectivity index (χ2n) is 6.82. The Morgan fingerprint density at radius 2 is 1.84 bits per heavy atom. The lowest BCUT2D eigenvalue weighted by molar-refractivity contribution is 0.108. The van der Waals surface area contributed by atoms with Crippen molar-refractivity contribution in [2.75, 3.05) is 0 Å². The largest absolute Gasteiger partial charge is 0.508 e. The van der Waals surface area contributed by atoms with Gasteiger partial charge in [-0.3, -0.25) is 0 Å². The van der Waals surface area contributed by atoms with Crippen molar-refractivity contribution in [1.29, 1.82) is 0 Å². The second kappa shape index (κ2) is 7.44. The van der Waals surface area contributed by atoms with Gasteiger partial charge in [-0.15, -0.1) is 0 Å². The molecule has 3 rings (SSSR count). The van der Waals surface area contributed by atoms with Crippen LogP contribution in [-0.2, 0) is 19.4 Å². The fourth-order valence-electron chi connectivity index (χ4n) is 3.71. The van der Waals surface area contributed by atoms with Crippen LogP contribution >= 0.6 is 0 Å². The van der Waals surface area contributed by atoms with Crippen LogP contribution in [0.2, 0.25) is 0 Å². The number of benzene rings is 2. The summed E-state index contributed by atoms with van der Waals surface area (Å²) in [5.41, 5.74) is 3.28. The van der Waals surface area contributed by atoms with Crippen LogP contribution in [0.1, 0.15) is 41.7 Å². The van der Waals surface area contributed by atoms with Gasteiger partial charge in [-0.05, 0) is 61.1 Å². The van der Waals surface area contributed by atoms with Gasteiger partial charge in [0.05, 0.1) is 12.7 Å². The van der Waals surface area contributed by atoms with Crippen LogP contribution in [0.25, 0.3) is 0 Å². The highest BCUT2D eigenvalue weighted by molar-refractivity contribution is 5.46. The fourth-order valence-corrected chi connectivity index (χ4v) is 3.71.